The quantitative estimate of drug-likeness (QED) is 0.569. The van der Waals surface area contributed by atoms with Gasteiger partial charge in [0.15, 0.2) is 0 Å². The molecule has 0 aliphatic carbocycles. The van der Waals surface area contributed by atoms with Gasteiger partial charge in [0.05, 0.1) is 17.4 Å². The van der Waals surface area contributed by atoms with Gasteiger partial charge >= 0.3 is 5.69 Å². The lowest BCUT2D eigenvalue weighted by atomic mass is 10.2. The number of aromatic nitrogens is 1. The molecule has 84 valence electrons. The smallest absolute Gasteiger partial charge is 0.311 e. The van der Waals surface area contributed by atoms with E-state index in [0.717, 1.165) is 5.56 Å². The van der Waals surface area contributed by atoms with Crippen LogP contribution in [0.15, 0.2) is 12.3 Å². The first-order valence-corrected chi connectivity index (χ1v) is 4.75. The van der Waals surface area contributed by atoms with Crippen LogP contribution in [0.3, 0.4) is 0 Å². The number of nitro groups is 1. The third-order valence-corrected chi connectivity index (χ3v) is 2.10. The molecule has 0 radical (unpaired) electrons. The lowest BCUT2D eigenvalue weighted by Crippen LogP contribution is -2.20. The SMILES string of the molecule is Cc1cnc(N(C)CCC#N)c([N+](=O)[O-])c1. The second kappa shape index (κ2) is 5.07. The molecule has 0 bridgehead atoms. The molecule has 0 aliphatic heterocycles. The summed E-state index contributed by atoms with van der Waals surface area (Å²) in [5.74, 6) is 0.297. The number of hydrogen-bond acceptors (Lipinski definition) is 5. The van der Waals surface area contributed by atoms with Crippen LogP contribution < -0.4 is 4.90 Å². The second-order valence-corrected chi connectivity index (χ2v) is 3.44. The minimum atomic E-state index is -0.460. The van der Waals surface area contributed by atoms with Crippen molar-refractivity contribution in [3.05, 3.63) is 27.9 Å². The van der Waals surface area contributed by atoms with Crippen molar-refractivity contribution in [3.8, 4) is 6.07 Å². The van der Waals surface area contributed by atoms with E-state index in [4.69, 9.17) is 5.26 Å². The van der Waals surface area contributed by atoms with E-state index in [1.807, 2.05) is 6.07 Å². The maximum atomic E-state index is 10.8. The standard InChI is InChI=1S/C10H12N4O2/c1-8-6-9(14(15)16)10(12-7-8)13(2)5-3-4-11/h6-7H,3,5H2,1-2H3. The van der Waals surface area contributed by atoms with E-state index in [-0.39, 0.29) is 5.69 Å². The largest absolute Gasteiger partial charge is 0.353 e. The Kier molecular flexibility index (Phi) is 3.78. The molecule has 0 saturated heterocycles. The zero-order valence-electron chi connectivity index (χ0n) is 9.17. The first kappa shape index (κ1) is 11.9. The van der Waals surface area contributed by atoms with Gasteiger partial charge in [0.1, 0.15) is 0 Å². The summed E-state index contributed by atoms with van der Waals surface area (Å²) in [6.07, 6.45) is 1.88. The van der Waals surface area contributed by atoms with Crippen LogP contribution in [0.25, 0.3) is 0 Å². The average Bonchev–Trinajstić information content (AvgIpc) is 2.25. The van der Waals surface area contributed by atoms with E-state index >= 15 is 0 Å². The van der Waals surface area contributed by atoms with Gasteiger partial charge in [-0.25, -0.2) is 4.98 Å². The van der Waals surface area contributed by atoms with Crippen molar-refractivity contribution in [3.63, 3.8) is 0 Å². The highest BCUT2D eigenvalue weighted by atomic mass is 16.6. The highest BCUT2D eigenvalue weighted by molar-refractivity contribution is 5.58. The number of nitriles is 1. The van der Waals surface area contributed by atoms with Crippen LogP contribution in [0.2, 0.25) is 0 Å². The lowest BCUT2D eigenvalue weighted by Gasteiger charge is -2.16. The topological polar surface area (TPSA) is 83.1 Å². The Balaban J connectivity index is 3.03. The molecule has 1 rings (SSSR count). The van der Waals surface area contributed by atoms with Gasteiger partial charge in [0.2, 0.25) is 5.82 Å². The number of anilines is 1. The summed E-state index contributed by atoms with van der Waals surface area (Å²) in [6, 6.07) is 3.47. The van der Waals surface area contributed by atoms with Crippen LogP contribution >= 0.6 is 0 Å². The van der Waals surface area contributed by atoms with Gasteiger partial charge < -0.3 is 4.90 Å². The molecular formula is C10H12N4O2. The predicted molar refractivity (Wildman–Crippen MR) is 59.1 cm³/mol. The van der Waals surface area contributed by atoms with Crippen molar-refractivity contribution in [1.82, 2.24) is 4.98 Å². The normalized spacial score (nSPS) is 9.56. The molecule has 0 spiro atoms. The Bertz CT molecular complexity index is 439. The van der Waals surface area contributed by atoms with Crippen molar-refractivity contribution in [2.24, 2.45) is 0 Å². The molecule has 6 heteroatoms. The van der Waals surface area contributed by atoms with E-state index in [0.29, 0.717) is 18.8 Å². The van der Waals surface area contributed by atoms with Crippen molar-refractivity contribution in [1.29, 1.82) is 5.26 Å². The molecule has 0 unspecified atom stereocenters. The fourth-order valence-corrected chi connectivity index (χ4v) is 1.30. The molecule has 0 N–H and O–H groups in total. The van der Waals surface area contributed by atoms with Gasteiger partial charge in [-0.05, 0) is 12.5 Å². The van der Waals surface area contributed by atoms with E-state index in [2.05, 4.69) is 4.98 Å². The fourth-order valence-electron chi connectivity index (χ4n) is 1.30. The van der Waals surface area contributed by atoms with Crippen LogP contribution in [-0.4, -0.2) is 23.5 Å². The summed E-state index contributed by atoms with van der Waals surface area (Å²) >= 11 is 0. The van der Waals surface area contributed by atoms with Crippen LogP contribution in [0.4, 0.5) is 11.5 Å². The maximum Gasteiger partial charge on any atom is 0.311 e. The third-order valence-electron chi connectivity index (χ3n) is 2.10. The molecule has 1 aromatic heterocycles. The minimum Gasteiger partial charge on any atom is -0.353 e. The van der Waals surface area contributed by atoms with Gasteiger partial charge in [-0.2, -0.15) is 5.26 Å². The lowest BCUT2D eigenvalue weighted by molar-refractivity contribution is -0.384. The Labute approximate surface area is 93.3 Å². The summed E-state index contributed by atoms with van der Waals surface area (Å²) in [7, 11) is 1.68. The van der Waals surface area contributed by atoms with Gasteiger partial charge in [-0.15, -0.1) is 0 Å². The predicted octanol–water partition coefficient (Wildman–Crippen LogP) is 1.65. The monoisotopic (exact) mass is 220 g/mol. The van der Waals surface area contributed by atoms with Gasteiger partial charge in [-0.3, -0.25) is 10.1 Å². The fraction of sp³-hybridized carbons (Fsp3) is 0.400. The van der Waals surface area contributed by atoms with Crippen molar-refractivity contribution < 1.29 is 4.92 Å². The number of rotatable bonds is 4. The first-order valence-electron chi connectivity index (χ1n) is 4.75. The summed E-state index contributed by atoms with van der Waals surface area (Å²) in [5, 5.41) is 19.3. The van der Waals surface area contributed by atoms with Gasteiger partial charge in [0, 0.05) is 25.9 Å². The number of aryl methyl sites for hydroxylation is 1. The summed E-state index contributed by atoms with van der Waals surface area (Å²) in [6.45, 7) is 2.17. The van der Waals surface area contributed by atoms with E-state index in [1.165, 1.54) is 6.07 Å². The molecule has 0 atom stereocenters. The first-order chi connectivity index (χ1) is 7.56. The summed E-state index contributed by atoms with van der Waals surface area (Å²) < 4.78 is 0. The molecule has 1 aromatic rings. The third kappa shape index (κ3) is 2.67. The highest BCUT2D eigenvalue weighted by Gasteiger charge is 2.18. The highest BCUT2D eigenvalue weighted by Crippen LogP contribution is 2.25. The summed E-state index contributed by atoms with van der Waals surface area (Å²) in [4.78, 5) is 16.0. The maximum absolute atomic E-state index is 10.8. The minimum absolute atomic E-state index is 0.0274. The van der Waals surface area contributed by atoms with Gasteiger partial charge in [-0.1, -0.05) is 0 Å². The molecular weight excluding hydrogens is 208 g/mol. The Hall–Kier alpha value is -2.16. The average molecular weight is 220 g/mol. The summed E-state index contributed by atoms with van der Waals surface area (Å²) in [5.41, 5.74) is 0.713. The second-order valence-electron chi connectivity index (χ2n) is 3.44. The zero-order valence-corrected chi connectivity index (χ0v) is 9.17. The Morgan fingerprint density at radius 1 is 1.69 bits per heavy atom. The number of nitrogens with zero attached hydrogens (tertiary/aromatic N) is 4. The van der Waals surface area contributed by atoms with Gasteiger partial charge in [0.25, 0.3) is 0 Å². The van der Waals surface area contributed by atoms with E-state index in [1.54, 1.807) is 25.1 Å². The molecule has 6 nitrogen and oxygen atoms in total. The number of pyridine rings is 1. The van der Waals surface area contributed by atoms with Crippen molar-refractivity contribution in [2.75, 3.05) is 18.5 Å². The van der Waals surface area contributed by atoms with Crippen LogP contribution in [-0.2, 0) is 0 Å². The van der Waals surface area contributed by atoms with Crippen LogP contribution in [0.5, 0.6) is 0 Å². The molecule has 0 saturated carbocycles. The molecule has 0 amide bonds. The zero-order chi connectivity index (χ0) is 12.1. The van der Waals surface area contributed by atoms with E-state index in [9.17, 15) is 10.1 Å². The number of hydrogen-bond donors (Lipinski definition) is 0. The van der Waals surface area contributed by atoms with Crippen LogP contribution in [0.1, 0.15) is 12.0 Å². The van der Waals surface area contributed by atoms with Crippen molar-refractivity contribution >= 4 is 11.5 Å². The van der Waals surface area contributed by atoms with E-state index < -0.39 is 4.92 Å². The Morgan fingerprint density at radius 3 is 2.94 bits per heavy atom. The molecule has 16 heavy (non-hydrogen) atoms. The van der Waals surface area contributed by atoms with Crippen molar-refractivity contribution in [2.45, 2.75) is 13.3 Å². The molecule has 1 heterocycles. The Morgan fingerprint density at radius 2 is 2.38 bits per heavy atom. The van der Waals surface area contributed by atoms with Crippen LogP contribution in [0, 0.1) is 28.4 Å². The molecule has 0 aliphatic rings. The molecule has 0 aromatic carbocycles. The molecule has 0 fully saturated rings.